The minimum Gasteiger partial charge on any atom is -0.480 e. The molecule has 0 radical (unpaired) electrons. The lowest BCUT2D eigenvalue weighted by Crippen LogP contribution is -2.32. The highest BCUT2D eigenvalue weighted by atomic mass is 16.5. The summed E-state index contributed by atoms with van der Waals surface area (Å²) in [5, 5.41) is 6.41. The first-order valence-electron chi connectivity index (χ1n) is 7.72. The van der Waals surface area contributed by atoms with Crippen LogP contribution in [0.1, 0.15) is 17.5 Å². The molecule has 4 nitrogen and oxygen atoms in total. The SMILES string of the molecule is O=C(Nc1cccc2c1NCCC2)C1Cc2ccccc2O1. The zero-order valence-electron chi connectivity index (χ0n) is 12.3. The van der Waals surface area contributed by atoms with Gasteiger partial charge in [0.15, 0.2) is 6.10 Å². The molecule has 0 aromatic heterocycles. The highest BCUT2D eigenvalue weighted by Gasteiger charge is 2.29. The normalized spacial score (nSPS) is 18.6. The number of hydrogen-bond donors (Lipinski definition) is 2. The molecule has 2 aliphatic heterocycles. The summed E-state index contributed by atoms with van der Waals surface area (Å²) in [7, 11) is 0. The summed E-state index contributed by atoms with van der Waals surface area (Å²) in [5.41, 5.74) is 4.26. The van der Waals surface area contributed by atoms with Crippen LogP contribution in [-0.2, 0) is 17.6 Å². The topological polar surface area (TPSA) is 50.4 Å². The molecule has 0 fully saturated rings. The number of aryl methyl sites for hydroxylation is 1. The molecular weight excluding hydrogens is 276 g/mol. The fourth-order valence-corrected chi connectivity index (χ4v) is 3.16. The van der Waals surface area contributed by atoms with E-state index in [9.17, 15) is 4.79 Å². The largest absolute Gasteiger partial charge is 0.480 e. The molecule has 2 aliphatic rings. The fourth-order valence-electron chi connectivity index (χ4n) is 3.16. The number of rotatable bonds is 2. The van der Waals surface area contributed by atoms with Crippen molar-refractivity contribution in [1.29, 1.82) is 0 Å². The number of benzene rings is 2. The summed E-state index contributed by atoms with van der Waals surface area (Å²) in [4.78, 5) is 12.5. The maximum absolute atomic E-state index is 12.5. The highest BCUT2D eigenvalue weighted by molar-refractivity contribution is 5.98. The first kappa shape index (κ1) is 13.2. The molecule has 2 aromatic carbocycles. The summed E-state index contributed by atoms with van der Waals surface area (Å²) in [6.07, 6.45) is 2.37. The van der Waals surface area contributed by atoms with Gasteiger partial charge >= 0.3 is 0 Å². The number of ether oxygens (including phenoxy) is 1. The van der Waals surface area contributed by atoms with Crippen molar-refractivity contribution >= 4 is 17.3 Å². The minimum absolute atomic E-state index is 0.0861. The van der Waals surface area contributed by atoms with E-state index in [1.165, 1.54) is 5.56 Å². The van der Waals surface area contributed by atoms with Crippen molar-refractivity contribution in [3.8, 4) is 5.75 Å². The number of anilines is 2. The number of hydrogen-bond acceptors (Lipinski definition) is 3. The zero-order valence-corrected chi connectivity index (χ0v) is 12.3. The number of carbonyl (C=O) groups excluding carboxylic acids is 1. The third-order valence-electron chi connectivity index (χ3n) is 4.27. The van der Waals surface area contributed by atoms with Crippen LogP contribution < -0.4 is 15.4 Å². The van der Waals surface area contributed by atoms with Crippen molar-refractivity contribution in [2.45, 2.75) is 25.4 Å². The number of amides is 1. The summed E-state index contributed by atoms with van der Waals surface area (Å²) in [6, 6.07) is 13.9. The van der Waals surface area contributed by atoms with Gasteiger partial charge in [-0.1, -0.05) is 30.3 Å². The van der Waals surface area contributed by atoms with Crippen LogP contribution in [0.25, 0.3) is 0 Å². The average Bonchev–Trinajstić information content (AvgIpc) is 2.99. The third-order valence-corrected chi connectivity index (χ3v) is 4.27. The highest BCUT2D eigenvalue weighted by Crippen LogP contribution is 2.32. The second-order valence-corrected chi connectivity index (χ2v) is 5.78. The zero-order chi connectivity index (χ0) is 14.9. The Morgan fingerprint density at radius 3 is 2.91 bits per heavy atom. The van der Waals surface area contributed by atoms with Gasteiger partial charge in [0.25, 0.3) is 5.91 Å². The molecular formula is C18H18N2O2. The Morgan fingerprint density at radius 2 is 2.00 bits per heavy atom. The third kappa shape index (κ3) is 2.30. The van der Waals surface area contributed by atoms with Crippen molar-refractivity contribution in [1.82, 2.24) is 0 Å². The molecule has 1 unspecified atom stereocenters. The van der Waals surface area contributed by atoms with E-state index in [0.29, 0.717) is 6.42 Å². The first-order valence-corrected chi connectivity index (χ1v) is 7.72. The minimum atomic E-state index is -0.447. The molecule has 0 aliphatic carbocycles. The second kappa shape index (κ2) is 5.37. The Morgan fingerprint density at radius 1 is 1.14 bits per heavy atom. The smallest absolute Gasteiger partial charge is 0.265 e. The summed E-state index contributed by atoms with van der Waals surface area (Å²) >= 11 is 0. The molecule has 1 amide bonds. The van der Waals surface area contributed by atoms with Gasteiger partial charge in [-0.05, 0) is 36.1 Å². The van der Waals surface area contributed by atoms with Gasteiger partial charge in [0, 0.05) is 13.0 Å². The number of para-hydroxylation sites is 2. The molecule has 2 heterocycles. The number of fused-ring (bicyclic) bond motifs is 2. The van der Waals surface area contributed by atoms with Crippen molar-refractivity contribution in [3.05, 3.63) is 53.6 Å². The molecule has 1 atom stereocenters. The summed E-state index contributed by atoms with van der Waals surface area (Å²) in [6.45, 7) is 0.950. The molecule has 0 saturated heterocycles. The van der Waals surface area contributed by atoms with Crippen LogP contribution in [0.15, 0.2) is 42.5 Å². The van der Waals surface area contributed by atoms with E-state index in [1.807, 2.05) is 36.4 Å². The standard InChI is InChI=1S/C18H18N2O2/c21-18(16-11-13-5-1-2-9-15(13)22-16)20-14-8-3-6-12-7-4-10-19-17(12)14/h1-3,5-6,8-9,16,19H,4,7,10-11H2,(H,20,21). The van der Waals surface area contributed by atoms with E-state index < -0.39 is 6.10 Å². The van der Waals surface area contributed by atoms with E-state index in [-0.39, 0.29) is 5.91 Å². The second-order valence-electron chi connectivity index (χ2n) is 5.78. The molecule has 0 bridgehead atoms. The lowest BCUT2D eigenvalue weighted by molar-refractivity contribution is -0.122. The molecule has 4 heteroatoms. The Balaban J connectivity index is 1.52. The van der Waals surface area contributed by atoms with Crippen molar-refractivity contribution in [2.24, 2.45) is 0 Å². The van der Waals surface area contributed by atoms with Gasteiger partial charge in [0.2, 0.25) is 0 Å². The molecule has 2 aromatic rings. The number of carbonyl (C=O) groups is 1. The van der Waals surface area contributed by atoms with Crippen molar-refractivity contribution in [2.75, 3.05) is 17.2 Å². The van der Waals surface area contributed by atoms with Crippen LogP contribution in [0.2, 0.25) is 0 Å². The summed E-state index contributed by atoms with van der Waals surface area (Å²) in [5.74, 6) is 0.729. The van der Waals surface area contributed by atoms with Crippen LogP contribution in [0.3, 0.4) is 0 Å². The predicted molar refractivity (Wildman–Crippen MR) is 86.4 cm³/mol. The van der Waals surface area contributed by atoms with Gasteiger partial charge in [-0.3, -0.25) is 4.79 Å². The summed E-state index contributed by atoms with van der Waals surface area (Å²) < 4.78 is 5.75. The Bertz CT molecular complexity index is 702. The van der Waals surface area contributed by atoms with Crippen LogP contribution in [0.4, 0.5) is 11.4 Å². The van der Waals surface area contributed by atoms with Crippen LogP contribution >= 0.6 is 0 Å². The lowest BCUT2D eigenvalue weighted by Gasteiger charge is -2.22. The van der Waals surface area contributed by atoms with E-state index >= 15 is 0 Å². The molecule has 112 valence electrons. The maximum atomic E-state index is 12.5. The predicted octanol–water partition coefficient (Wildman–Crippen LogP) is 2.99. The lowest BCUT2D eigenvalue weighted by atomic mass is 10.0. The first-order chi connectivity index (χ1) is 10.8. The molecule has 0 saturated carbocycles. The maximum Gasteiger partial charge on any atom is 0.265 e. The van der Waals surface area contributed by atoms with Gasteiger partial charge < -0.3 is 15.4 Å². The van der Waals surface area contributed by atoms with E-state index in [1.54, 1.807) is 0 Å². The van der Waals surface area contributed by atoms with Gasteiger partial charge in [0.1, 0.15) is 5.75 Å². The fraction of sp³-hybridized carbons (Fsp3) is 0.278. The van der Waals surface area contributed by atoms with Crippen molar-refractivity contribution in [3.63, 3.8) is 0 Å². The molecule has 2 N–H and O–H groups in total. The monoisotopic (exact) mass is 294 g/mol. The molecule has 22 heavy (non-hydrogen) atoms. The average molecular weight is 294 g/mol. The van der Waals surface area contributed by atoms with Gasteiger partial charge in [-0.2, -0.15) is 0 Å². The Kier molecular flexibility index (Phi) is 3.22. The van der Waals surface area contributed by atoms with Crippen LogP contribution in [0.5, 0.6) is 5.75 Å². The van der Waals surface area contributed by atoms with Gasteiger partial charge in [-0.25, -0.2) is 0 Å². The molecule has 4 rings (SSSR count). The van der Waals surface area contributed by atoms with Gasteiger partial charge in [0.05, 0.1) is 11.4 Å². The van der Waals surface area contributed by atoms with Crippen LogP contribution in [-0.4, -0.2) is 18.6 Å². The van der Waals surface area contributed by atoms with E-state index in [4.69, 9.17) is 4.74 Å². The van der Waals surface area contributed by atoms with Gasteiger partial charge in [-0.15, -0.1) is 0 Å². The van der Waals surface area contributed by atoms with E-state index in [0.717, 1.165) is 42.1 Å². The van der Waals surface area contributed by atoms with E-state index in [2.05, 4.69) is 16.7 Å². The molecule has 0 spiro atoms. The quantitative estimate of drug-likeness (QED) is 0.895. The Labute approximate surface area is 129 Å². The van der Waals surface area contributed by atoms with Crippen LogP contribution in [0, 0.1) is 0 Å². The number of nitrogens with one attached hydrogen (secondary N) is 2. The van der Waals surface area contributed by atoms with Crippen molar-refractivity contribution < 1.29 is 9.53 Å². The Hall–Kier alpha value is -2.49.